The Morgan fingerprint density at radius 3 is 1.00 bits per heavy atom. The van der Waals surface area contributed by atoms with Crippen molar-refractivity contribution in [3.63, 3.8) is 0 Å². The van der Waals surface area contributed by atoms with E-state index in [0.717, 1.165) is 26.2 Å². The predicted molar refractivity (Wildman–Crippen MR) is 176 cm³/mol. The molecule has 8 nitrogen and oxygen atoms in total. The van der Waals surface area contributed by atoms with Crippen molar-refractivity contribution in [2.75, 3.05) is 67.5 Å². The third-order valence-corrected chi connectivity index (χ3v) is 6.55. The number of rotatable bonds is 10. The molecule has 0 aliphatic rings. The summed E-state index contributed by atoms with van der Waals surface area (Å²) >= 11 is 0. The van der Waals surface area contributed by atoms with E-state index in [1.54, 1.807) is 0 Å². The van der Waals surface area contributed by atoms with E-state index in [0.29, 0.717) is 13.1 Å². The molecule has 0 aromatic carbocycles. The Labute approximate surface area is 387 Å². The van der Waals surface area contributed by atoms with Crippen LogP contribution in [0.5, 0.6) is 0 Å². The summed E-state index contributed by atoms with van der Waals surface area (Å²) in [6.45, 7) is 33.4. The van der Waals surface area contributed by atoms with Crippen LogP contribution in [0.1, 0.15) is 96.9 Å². The van der Waals surface area contributed by atoms with E-state index in [-0.39, 0.29) is 188 Å². The first kappa shape index (κ1) is 66.7. The van der Waals surface area contributed by atoms with Gasteiger partial charge in [0.1, 0.15) is 0 Å². The molecule has 260 valence electrons. The second kappa shape index (κ2) is 34.5. The molecular weight excluding hydrogens is 1060 g/mol. The third kappa shape index (κ3) is 46.5. The van der Waals surface area contributed by atoms with Gasteiger partial charge in [0.05, 0.1) is 24.4 Å². The summed E-state index contributed by atoms with van der Waals surface area (Å²) in [5, 5.41) is 44.0. The van der Waals surface area contributed by atoms with Crippen molar-refractivity contribution in [2.24, 2.45) is 21.7 Å². The van der Waals surface area contributed by atoms with Gasteiger partial charge in [-0.3, -0.25) is 0 Å². The van der Waals surface area contributed by atoms with Gasteiger partial charge in [0, 0.05) is 169 Å². The second-order valence-electron chi connectivity index (χ2n) is 15.5. The van der Waals surface area contributed by atoms with Crippen LogP contribution >= 0.6 is 0 Å². The van der Waals surface area contributed by atoms with E-state index >= 15 is 0 Å². The Kier molecular flexibility index (Phi) is 52.3. The molecule has 0 spiro atoms. The van der Waals surface area contributed by atoms with Gasteiger partial charge in [-0.05, 0) is 62.9 Å². The smallest absolute Gasteiger partial charge is 0.0715 e. The van der Waals surface area contributed by atoms with E-state index in [9.17, 15) is 20.4 Å². The molecule has 0 aliphatic carbocycles. The molecule has 0 amide bonds. The minimum Gasteiger partial charge on any atom is -0.391 e. The summed E-state index contributed by atoms with van der Waals surface area (Å²) in [6.07, 6.45) is -0.954. The number of nitrogens with one attached hydrogen (secondary N) is 2. The molecule has 0 aromatic heterocycles. The van der Waals surface area contributed by atoms with Gasteiger partial charge < -0.3 is 40.9 Å². The van der Waals surface area contributed by atoms with Crippen LogP contribution < -0.4 is 10.6 Å². The summed E-state index contributed by atoms with van der Waals surface area (Å²) < 4.78 is 0. The summed E-state index contributed by atoms with van der Waals surface area (Å²) in [6, 6.07) is 0. The number of aliphatic hydroxyl groups is 4. The molecule has 0 rings (SSSR count). The first-order valence-corrected chi connectivity index (χ1v) is 15.1. The molecule has 0 saturated carbocycles. The topological polar surface area (TPSA) is 111 Å². The van der Waals surface area contributed by atoms with Crippen LogP contribution in [0.25, 0.3) is 0 Å². The monoisotopic (exact) mass is 1140 g/mol. The van der Waals surface area contributed by atoms with Crippen LogP contribution in [0.15, 0.2) is 0 Å². The molecule has 4 atom stereocenters. The summed E-state index contributed by atoms with van der Waals surface area (Å²) in [4.78, 5) is 4.12. The van der Waals surface area contributed by atoms with Crippen molar-refractivity contribution in [3.05, 3.63) is 0 Å². The van der Waals surface area contributed by atoms with Gasteiger partial charge in [-0.25, -0.2) is 0 Å². The standard InChI is InChI=1S/C9H21NO.2C8H19NO.C7H17NO.4La/c1-6-10(5)7-8(11)9(2,3)4;1-8(2,3)7(10)6-9(4)5;1-5-9-6-7(10)8(2,3)4;1-7(2,3)6(9)5-8-4;;;;/h8,11H,6-7H2,1-5H3;7,10H,6H2,1-5H3;7,9-10H,5-6H2,1-4H3;6,8-9H,5H2,1-4H3;;;;. The molecule has 0 saturated heterocycles. The molecule has 0 aliphatic heterocycles. The van der Waals surface area contributed by atoms with E-state index in [2.05, 4.69) is 43.2 Å². The predicted octanol–water partition coefficient (Wildman–Crippen LogP) is 3.92. The van der Waals surface area contributed by atoms with Gasteiger partial charge >= 0.3 is 0 Å². The first-order chi connectivity index (χ1) is 17.7. The molecule has 4 radical (unpaired) electrons. The van der Waals surface area contributed by atoms with Gasteiger partial charge in [0.15, 0.2) is 0 Å². The Hall–Kier alpha value is 4.46. The minimum atomic E-state index is -0.248. The van der Waals surface area contributed by atoms with E-state index in [1.165, 1.54) is 0 Å². The maximum Gasteiger partial charge on any atom is 0.0715 e. The van der Waals surface area contributed by atoms with Gasteiger partial charge in [-0.15, -0.1) is 0 Å². The summed E-state index contributed by atoms with van der Waals surface area (Å²) in [5.41, 5.74) is 0.0128. The summed E-state index contributed by atoms with van der Waals surface area (Å²) in [5.74, 6) is 0. The SMILES string of the molecule is CCN(C)CC(O)C(C)(C)C.CCNCC(O)C(C)(C)C.CN(C)CC(O)C(C)(C)C.CNCC(O)C(C)(C)C.[La].[La].[La].[La]. The van der Waals surface area contributed by atoms with E-state index in [1.807, 2.05) is 102 Å². The number of aliphatic hydroxyl groups excluding tert-OH is 4. The van der Waals surface area contributed by atoms with Crippen molar-refractivity contribution in [3.8, 4) is 0 Å². The molecule has 4 unspecified atom stereocenters. The van der Waals surface area contributed by atoms with Gasteiger partial charge in [0.2, 0.25) is 0 Å². The Morgan fingerprint density at radius 2 is 0.818 bits per heavy atom. The average Bonchev–Trinajstić information content (AvgIpc) is 2.75. The fourth-order valence-corrected chi connectivity index (χ4v) is 2.40. The Balaban J connectivity index is -0.0000000637. The van der Waals surface area contributed by atoms with Crippen LogP contribution in [-0.4, -0.2) is 122 Å². The number of nitrogens with zero attached hydrogens (tertiary/aromatic N) is 2. The fraction of sp³-hybridized carbons (Fsp3) is 1.00. The van der Waals surface area contributed by atoms with Gasteiger partial charge in [-0.2, -0.15) is 0 Å². The number of hydrogen-bond donors (Lipinski definition) is 6. The number of hydrogen-bond acceptors (Lipinski definition) is 8. The Bertz CT molecular complexity index is 581. The molecule has 0 fully saturated rings. The van der Waals surface area contributed by atoms with Gasteiger partial charge in [0.25, 0.3) is 0 Å². The Morgan fingerprint density at radius 1 is 0.523 bits per heavy atom. The van der Waals surface area contributed by atoms with Crippen molar-refractivity contribution >= 4 is 0 Å². The first-order valence-electron chi connectivity index (χ1n) is 15.1. The van der Waals surface area contributed by atoms with E-state index < -0.39 is 0 Å². The molecule has 12 heteroatoms. The zero-order chi connectivity index (χ0) is 33.1. The number of likely N-dealkylation sites (N-methyl/N-ethyl adjacent to an activating group) is 4. The molecule has 44 heavy (non-hydrogen) atoms. The van der Waals surface area contributed by atoms with Crippen molar-refractivity contribution < 1.29 is 163 Å². The third-order valence-electron chi connectivity index (χ3n) is 6.55. The normalized spacial score (nSPS) is 14.2. The molecule has 0 bridgehead atoms. The maximum atomic E-state index is 9.65. The van der Waals surface area contributed by atoms with Crippen LogP contribution in [0.2, 0.25) is 0 Å². The van der Waals surface area contributed by atoms with Crippen molar-refractivity contribution in [1.82, 2.24) is 20.4 Å². The molecular formula is C32H76La4N4O4. The van der Waals surface area contributed by atoms with Crippen molar-refractivity contribution in [1.29, 1.82) is 0 Å². The summed E-state index contributed by atoms with van der Waals surface area (Å²) in [7, 11) is 7.80. The quantitative estimate of drug-likeness (QED) is 0.196. The minimum absolute atomic E-state index is 0. The maximum absolute atomic E-state index is 9.65. The molecule has 0 heterocycles. The van der Waals surface area contributed by atoms with Crippen molar-refractivity contribution in [2.45, 2.75) is 121 Å². The van der Waals surface area contributed by atoms with Crippen LogP contribution in [0.3, 0.4) is 0 Å². The van der Waals surface area contributed by atoms with E-state index in [4.69, 9.17) is 0 Å². The largest absolute Gasteiger partial charge is 0.391 e. The van der Waals surface area contributed by atoms with Crippen LogP contribution in [0.4, 0.5) is 0 Å². The van der Waals surface area contributed by atoms with Crippen LogP contribution in [-0.2, 0) is 0 Å². The zero-order valence-electron chi connectivity index (χ0n) is 32.5. The average molecular weight is 1140 g/mol. The van der Waals surface area contributed by atoms with Gasteiger partial charge in [-0.1, -0.05) is 96.9 Å². The zero-order valence-corrected chi connectivity index (χ0v) is 47.0. The molecule has 0 aromatic rings. The van der Waals surface area contributed by atoms with Crippen LogP contribution in [0, 0.1) is 164 Å². The second-order valence-corrected chi connectivity index (χ2v) is 15.5. The molecule has 6 N–H and O–H groups in total. The fourth-order valence-electron chi connectivity index (χ4n) is 2.40.